The van der Waals surface area contributed by atoms with Gasteiger partial charge in [0, 0.05) is 23.6 Å². The number of nitrogens with two attached hydrogens (primary N) is 1. The van der Waals surface area contributed by atoms with Gasteiger partial charge in [-0.05, 0) is 56.2 Å². The summed E-state index contributed by atoms with van der Waals surface area (Å²) in [5, 5.41) is 0. The van der Waals surface area contributed by atoms with Gasteiger partial charge >= 0.3 is 0 Å². The maximum absolute atomic E-state index is 5.91. The summed E-state index contributed by atoms with van der Waals surface area (Å²) in [5.74, 6) is 0.800. The Morgan fingerprint density at radius 3 is 2.56 bits per heavy atom. The van der Waals surface area contributed by atoms with Crippen molar-refractivity contribution in [2.24, 2.45) is 0 Å². The maximum atomic E-state index is 5.91. The Labute approximate surface area is 108 Å². The normalized spacial score (nSPS) is 10.7. The Hall–Kier alpha value is -2.03. The minimum absolute atomic E-state index is 0.138. The third kappa shape index (κ3) is 3.00. The van der Waals surface area contributed by atoms with Gasteiger partial charge in [-0.2, -0.15) is 0 Å². The summed E-state index contributed by atoms with van der Waals surface area (Å²) in [7, 11) is 0. The fourth-order valence-corrected chi connectivity index (χ4v) is 1.85. The topological polar surface area (TPSA) is 48.1 Å². The van der Waals surface area contributed by atoms with Gasteiger partial charge in [0.15, 0.2) is 0 Å². The highest BCUT2D eigenvalue weighted by Gasteiger charge is 2.04. The Morgan fingerprint density at radius 1 is 1.11 bits per heavy atom. The molecule has 0 fully saturated rings. The van der Waals surface area contributed by atoms with E-state index in [-0.39, 0.29) is 6.10 Å². The smallest absolute Gasteiger partial charge is 0.122 e. The number of nitrogens with zero attached hydrogens (tertiary/aromatic N) is 1. The molecule has 0 saturated carbocycles. The van der Waals surface area contributed by atoms with Gasteiger partial charge < -0.3 is 10.5 Å². The first-order valence-corrected chi connectivity index (χ1v) is 6.05. The van der Waals surface area contributed by atoms with E-state index in [9.17, 15) is 0 Å². The minimum Gasteiger partial charge on any atom is -0.491 e. The second-order valence-electron chi connectivity index (χ2n) is 4.64. The first-order chi connectivity index (χ1) is 8.54. The molecule has 3 heteroatoms. The molecule has 1 heterocycles. The van der Waals surface area contributed by atoms with E-state index in [1.807, 2.05) is 51.1 Å². The van der Waals surface area contributed by atoms with Crippen LogP contribution in [0.2, 0.25) is 0 Å². The molecule has 0 saturated heterocycles. The fraction of sp³-hybridized carbons (Fsp3) is 0.267. The van der Waals surface area contributed by atoms with Crippen molar-refractivity contribution in [1.82, 2.24) is 4.98 Å². The van der Waals surface area contributed by atoms with Gasteiger partial charge in [-0.1, -0.05) is 0 Å². The third-order valence-corrected chi connectivity index (χ3v) is 2.53. The number of aromatic nitrogens is 1. The summed E-state index contributed by atoms with van der Waals surface area (Å²) >= 11 is 0. The van der Waals surface area contributed by atoms with E-state index in [1.165, 1.54) is 0 Å². The monoisotopic (exact) mass is 242 g/mol. The van der Waals surface area contributed by atoms with Crippen LogP contribution in [-0.2, 0) is 0 Å². The third-order valence-electron chi connectivity index (χ3n) is 2.53. The van der Waals surface area contributed by atoms with Gasteiger partial charge in [-0.25, -0.2) is 0 Å². The molecule has 0 unspecified atom stereocenters. The molecular weight excluding hydrogens is 224 g/mol. The van der Waals surface area contributed by atoms with Crippen LogP contribution in [0.25, 0.3) is 11.1 Å². The molecule has 0 radical (unpaired) electrons. The summed E-state index contributed by atoms with van der Waals surface area (Å²) in [6.07, 6.45) is 1.94. The van der Waals surface area contributed by atoms with Crippen molar-refractivity contribution in [1.29, 1.82) is 0 Å². The van der Waals surface area contributed by atoms with Gasteiger partial charge in [-0.3, -0.25) is 4.98 Å². The van der Waals surface area contributed by atoms with Crippen LogP contribution in [0.5, 0.6) is 5.75 Å². The molecule has 0 spiro atoms. The number of pyridine rings is 1. The highest BCUT2D eigenvalue weighted by atomic mass is 16.5. The zero-order valence-corrected chi connectivity index (χ0v) is 11.0. The highest BCUT2D eigenvalue weighted by molar-refractivity contribution is 5.69. The molecule has 2 rings (SSSR count). The maximum Gasteiger partial charge on any atom is 0.122 e. The predicted octanol–water partition coefficient (Wildman–Crippen LogP) is 3.43. The van der Waals surface area contributed by atoms with Gasteiger partial charge in [0.2, 0.25) is 0 Å². The Kier molecular flexibility index (Phi) is 3.51. The van der Waals surface area contributed by atoms with Gasteiger partial charge in [0.05, 0.1) is 6.10 Å². The quantitative estimate of drug-likeness (QED) is 0.839. The van der Waals surface area contributed by atoms with Gasteiger partial charge in [-0.15, -0.1) is 0 Å². The summed E-state index contributed by atoms with van der Waals surface area (Å²) in [6.45, 7) is 5.97. The van der Waals surface area contributed by atoms with Crippen molar-refractivity contribution in [3.63, 3.8) is 0 Å². The summed E-state index contributed by atoms with van der Waals surface area (Å²) in [5.41, 5.74) is 9.76. The molecular formula is C15H18N2O. The molecule has 94 valence electrons. The molecule has 2 aromatic rings. The lowest BCUT2D eigenvalue weighted by Crippen LogP contribution is -2.05. The number of hydrogen-bond donors (Lipinski definition) is 1. The first kappa shape index (κ1) is 12.4. The van der Waals surface area contributed by atoms with Crippen LogP contribution in [0, 0.1) is 6.92 Å². The molecule has 0 aliphatic heterocycles. The zero-order chi connectivity index (χ0) is 13.1. The number of rotatable bonds is 3. The van der Waals surface area contributed by atoms with Crippen LogP contribution in [0.15, 0.2) is 36.5 Å². The summed E-state index contributed by atoms with van der Waals surface area (Å²) < 4.78 is 5.69. The Morgan fingerprint density at radius 2 is 1.89 bits per heavy atom. The predicted molar refractivity (Wildman–Crippen MR) is 74.6 cm³/mol. The average molecular weight is 242 g/mol. The largest absolute Gasteiger partial charge is 0.491 e. The van der Waals surface area contributed by atoms with Gasteiger partial charge in [0.1, 0.15) is 5.75 Å². The van der Waals surface area contributed by atoms with Crippen molar-refractivity contribution >= 4 is 5.69 Å². The zero-order valence-electron chi connectivity index (χ0n) is 11.0. The van der Waals surface area contributed by atoms with Crippen molar-refractivity contribution in [3.8, 4) is 16.9 Å². The van der Waals surface area contributed by atoms with E-state index >= 15 is 0 Å². The molecule has 1 aromatic heterocycles. The van der Waals surface area contributed by atoms with Crippen LogP contribution in [0.1, 0.15) is 19.5 Å². The first-order valence-electron chi connectivity index (χ1n) is 6.05. The van der Waals surface area contributed by atoms with Gasteiger partial charge in [0.25, 0.3) is 0 Å². The Balaban J connectivity index is 2.41. The van der Waals surface area contributed by atoms with Crippen LogP contribution in [0.4, 0.5) is 5.69 Å². The van der Waals surface area contributed by atoms with E-state index in [0.29, 0.717) is 5.69 Å². The molecule has 1 aromatic carbocycles. The molecule has 0 aliphatic rings. The molecule has 0 bridgehead atoms. The van der Waals surface area contributed by atoms with Crippen LogP contribution in [-0.4, -0.2) is 11.1 Å². The van der Waals surface area contributed by atoms with Crippen molar-refractivity contribution < 1.29 is 4.74 Å². The lowest BCUT2D eigenvalue weighted by atomic mass is 10.1. The number of nitrogen functional groups attached to an aromatic ring is 1. The van der Waals surface area contributed by atoms with Crippen LogP contribution < -0.4 is 10.5 Å². The summed E-state index contributed by atoms with van der Waals surface area (Å²) in [4.78, 5) is 4.20. The molecule has 3 nitrogen and oxygen atoms in total. The standard InChI is InChI=1S/C15H18N2O/c1-10(2)18-15-8-13(7-14(16)9-15)12-4-5-17-11(3)6-12/h4-10H,16H2,1-3H3. The number of aryl methyl sites for hydroxylation is 1. The van der Waals surface area contributed by atoms with Crippen molar-refractivity contribution in [2.45, 2.75) is 26.9 Å². The minimum atomic E-state index is 0.138. The second kappa shape index (κ2) is 5.08. The Bertz CT molecular complexity index is 550. The lowest BCUT2D eigenvalue weighted by Gasteiger charge is -2.12. The average Bonchev–Trinajstić information content (AvgIpc) is 2.27. The molecule has 0 aliphatic carbocycles. The van der Waals surface area contributed by atoms with E-state index in [1.54, 1.807) is 6.20 Å². The van der Waals surface area contributed by atoms with Crippen LogP contribution in [0.3, 0.4) is 0 Å². The van der Waals surface area contributed by atoms with E-state index < -0.39 is 0 Å². The fourth-order valence-electron chi connectivity index (χ4n) is 1.85. The number of benzene rings is 1. The molecule has 2 N–H and O–H groups in total. The number of ether oxygens (including phenoxy) is 1. The van der Waals surface area contributed by atoms with Crippen molar-refractivity contribution in [2.75, 3.05) is 5.73 Å². The van der Waals surface area contributed by atoms with Crippen LogP contribution >= 0.6 is 0 Å². The van der Waals surface area contributed by atoms with E-state index in [4.69, 9.17) is 10.5 Å². The second-order valence-corrected chi connectivity index (χ2v) is 4.64. The van der Waals surface area contributed by atoms with E-state index in [2.05, 4.69) is 4.98 Å². The number of hydrogen-bond acceptors (Lipinski definition) is 3. The summed E-state index contributed by atoms with van der Waals surface area (Å²) in [6, 6.07) is 9.81. The number of anilines is 1. The SMILES string of the molecule is Cc1cc(-c2cc(N)cc(OC(C)C)c2)ccn1. The molecule has 0 atom stereocenters. The highest BCUT2D eigenvalue weighted by Crippen LogP contribution is 2.28. The van der Waals surface area contributed by atoms with Crippen molar-refractivity contribution in [3.05, 3.63) is 42.2 Å². The van der Waals surface area contributed by atoms with E-state index in [0.717, 1.165) is 22.6 Å². The lowest BCUT2D eigenvalue weighted by molar-refractivity contribution is 0.242. The molecule has 18 heavy (non-hydrogen) atoms. The molecule has 0 amide bonds.